The zero-order valence-electron chi connectivity index (χ0n) is 16.2. The van der Waals surface area contributed by atoms with Crippen molar-refractivity contribution in [3.05, 3.63) is 69.1 Å². The molecule has 2 heterocycles. The van der Waals surface area contributed by atoms with E-state index in [0.29, 0.717) is 42.1 Å². The minimum Gasteiger partial charge on any atom is -0.497 e. The van der Waals surface area contributed by atoms with Crippen LogP contribution in [0, 0.1) is 0 Å². The summed E-state index contributed by atoms with van der Waals surface area (Å²) >= 11 is 0. The predicted octanol–water partition coefficient (Wildman–Crippen LogP) is 3.22. The van der Waals surface area contributed by atoms with Gasteiger partial charge in [0.05, 0.1) is 12.5 Å². The first-order valence-electron chi connectivity index (χ1n) is 9.24. The molecule has 4 aromatic rings. The molecule has 7 nitrogen and oxygen atoms in total. The van der Waals surface area contributed by atoms with E-state index in [1.165, 1.54) is 4.57 Å². The molecule has 2 aromatic heterocycles. The molecule has 148 valence electrons. The lowest BCUT2D eigenvalue weighted by atomic mass is 10.1. The number of nitrogens with zero attached hydrogens (tertiary/aromatic N) is 2. The van der Waals surface area contributed by atoms with Gasteiger partial charge in [-0.15, -0.1) is 0 Å². The van der Waals surface area contributed by atoms with Crippen molar-refractivity contribution in [2.75, 3.05) is 20.8 Å². The van der Waals surface area contributed by atoms with Gasteiger partial charge >= 0.3 is 0 Å². The highest BCUT2D eigenvalue weighted by atomic mass is 16.5. The van der Waals surface area contributed by atoms with E-state index in [-0.39, 0.29) is 16.5 Å². The summed E-state index contributed by atoms with van der Waals surface area (Å²) in [6, 6.07) is 14.1. The van der Waals surface area contributed by atoms with Crippen LogP contribution in [0.1, 0.15) is 6.42 Å². The van der Waals surface area contributed by atoms with Gasteiger partial charge in [-0.3, -0.25) is 14.2 Å². The highest BCUT2D eigenvalue weighted by Gasteiger charge is 2.18. The molecule has 2 aromatic carbocycles. The molecule has 0 atom stereocenters. The van der Waals surface area contributed by atoms with Crippen molar-refractivity contribution in [3.63, 3.8) is 0 Å². The lowest BCUT2D eigenvalue weighted by molar-refractivity contribution is 0.190. The third kappa shape index (κ3) is 3.40. The third-order valence-corrected chi connectivity index (χ3v) is 4.78. The molecule has 0 bridgehead atoms. The van der Waals surface area contributed by atoms with Crippen molar-refractivity contribution in [1.82, 2.24) is 9.55 Å². The number of methoxy groups -OCH3 is 2. The molecular formula is C22H20N2O5. The number of para-hydroxylation sites is 1. The van der Waals surface area contributed by atoms with Gasteiger partial charge < -0.3 is 13.9 Å². The number of benzene rings is 2. The van der Waals surface area contributed by atoms with Gasteiger partial charge in [-0.05, 0) is 42.8 Å². The van der Waals surface area contributed by atoms with Gasteiger partial charge in [0.1, 0.15) is 17.2 Å². The van der Waals surface area contributed by atoms with Crippen LogP contribution in [-0.2, 0) is 11.3 Å². The molecule has 4 rings (SSSR count). The second-order valence-electron chi connectivity index (χ2n) is 6.57. The maximum absolute atomic E-state index is 13.3. The summed E-state index contributed by atoms with van der Waals surface area (Å²) < 4.78 is 17.7. The summed E-state index contributed by atoms with van der Waals surface area (Å²) in [6.45, 7) is 0.849. The van der Waals surface area contributed by atoms with Crippen molar-refractivity contribution in [3.8, 4) is 17.1 Å². The minimum atomic E-state index is -0.420. The summed E-state index contributed by atoms with van der Waals surface area (Å²) in [4.78, 5) is 30.8. The molecule has 7 heteroatoms. The minimum absolute atomic E-state index is 0.0347. The second-order valence-corrected chi connectivity index (χ2v) is 6.57. The molecule has 0 aliphatic heterocycles. The molecule has 0 N–H and O–H groups in total. The zero-order chi connectivity index (χ0) is 20.4. The molecule has 0 unspecified atom stereocenters. The highest BCUT2D eigenvalue weighted by molar-refractivity contribution is 5.88. The van der Waals surface area contributed by atoms with E-state index in [1.807, 2.05) is 12.1 Å². The SMILES string of the molecule is COCCCn1c(-c2ccc(OC)cc2)nc2oc3ccccc3c(=O)c2c1=O. The van der Waals surface area contributed by atoms with E-state index < -0.39 is 5.56 Å². The Balaban J connectivity index is 2.01. The molecule has 0 aliphatic rings. The van der Waals surface area contributed by atoms with Gasteiger partial charge in [-0.2, -0.15) is 4.98 Å². The van der Waals surface area contributed by atoms with Crippen LogP contribution in [0.4, 0.5) is 0 Å². The summed E-state index contributed by atoms with van der Waals surface area (Å²) in [7, 11) is 3.19. The van der Waals surface area contributed by atoms with E-state index in [9.17, 15) is 9.59 Å². The smallest absolute Gasteiger partial charge is 0.269 e. The number of ether oxygens (including phenoxy) is 2. The predicted molar refractivity (Wildman–Crippen MR) is 111 cm³/mol. The fraction of sp³-hybridized carbons (Fsp3) is 0.227. The first kappa shape index (κ1) is 18.9. The van der Waals surface area contributed by atoms with Crippen molar-refractivity contribution < 1.29 is 13.9 Å². The van der Waals surface area contributed by atoms with E-state index in [0.717, 1.165) is 5.56 Å². The maximum Gasteiger partial charge on any atom is 0.269 e. The highest BCUT2D eigenvalue weighted by Crippen LogP contribution is 2.23. The molecule has 0 spiro atoms. The van der Waals surface area contributed by atoms with Gasteiger partial charge in [0.25, 0.3) is 5.56 Å². The molecule has 29 heavy (non-hydrogen) atoms. The number of aromatic nitrogens is 2. The van der Waals surface area contributed by atoms with Crippen LogP contribution < -0.4 is 15.7 Å². The van der Waals surface area contributed by atoms with Crippen LogP contribution in [0.2, 0.25) is 0 Å². The normalized spacial score (nSPS) is 11.2. The van der Waals surface area contributed by atoms with Gasteiger partial charge in [0.2, 0.25) is 11.1 Å². The van der Waals surface area contributed by atoms with Crippen molar-refractivity contribution in [1.29, 1.82) is 0 Å². The number of fused-ring (bicyclic) bond motifs is 2. The molecule has 0 aliphatic carbocycles. The number of hydrogen-bond donors (Lipinski definition) is 0. The first-order valence-corrected chi connectivity index (χ1v) is 9.24. The molecule has 0 saturated carbocycles. The van der Waals surface area contributed by atoms with Crippen LogP contribution in [-0.4, -0.2) is 30.4 Å². The van der Waals surface area contributed by atoms with Crippen LogP contribution in [0.25, 0.3) is 33.5 Å². The quantitative estimate of drug-likeness (QED) is 0.370. The second kappa shape index (κ2) is 7.89. The summed E-state index contributed by atoms with van der Waals surface area (Å²) in [5.41, 5.74) is 0.359. The number of hydrogen-bond acceptors (Lipinski definition) is 6. The van der Waals surface area contributed by atoms with E-state index in [1.54, 1.807) is 50.6 Å². The summed E-state index contributed by atoms with van der Waals surface area (Å²) in [5.74, 6) is 1.13. The Bertz CT molecular complexity index is 1290. The van der Waals surface area contributed by atoms with Crippen LogP contribution in [0.5, 0.6) is 5.75 Å². The zero-order valence-corrected chi connectivity index (χ0v) is 16.2. The maximum atomic E-state index is 13.3. The Morgan fingerprint density at radius 3 is 2.52 bits per heavy atom. The molecule has 0 saturated heterocycles. The number of rotatable bonds is 6. The lowest BCUT2D eigenvalue weighted by Crippen LogP contribution is -2.28. The van der Waals surface area contributed by atoms with Gasteiger partial charge in [-0.25, -0.2) is 0 Å². The summed E-state index contributed by atoms with van der Waals surface area (Å²) in [5, 5.41) is 0.318. The Kier molecular flexibility index (Phi) is 5.14. The Morgan fingerprint density at radius 2 is 1.79 bits per heavy atom. The molecule has 0 radical (unpaired) electrons. The van der Waals surface area contributed by atoms with E-state index in [2.05, 4.69) is 4.98 Å². The molecule has 0 fully saturated rings. The Morgan fingerprint density at radius 1 is 1.03 bits per heavy atom. The standard InChI is InChI=1S/C22H20N2O5/c1-27-13-5-12-24-20(14-8-10-15(28-2)11-9-14)23-21-18(22(24)26)19(25)16-6-3-4-7-17(16)29-21/h3-4,6-11H,5,12-13H2,1-2H3. The van der Waals surface area contributed by atoms with Crippen molar-refractivity contribution >= 4 is 22.1 Å². The van der Waals surface area contributed by atoms with Crippen molar-refractivity contribution in [2.45, 2.75) is 13.0 Å². The third-order valence-electron chi connectivity index (χ3n) is 4.78. The fourth-order valence-corrected chi connectivity index (χ4v) is 3.32. The monoisotopic (exact) mass is 392 g/mol. The van der Waals surface area contributed by atoms with Crippen molar-refractivity contribution in [2.24, 2.45) is 0 Å². The Labute approximate surface area is 166 Å². The molecule has 0 amide bonds. The van der Waals surface area contributed by atoms with E-state index >= 15 is 0 Å². The fourth-order valence-electron chi connectivity index (χ4n) is 3.32. The van der Waals surface area contributed by atoms with Gasteiger partial charge in [-0.1, -0.05) is 12.1 Å². The van der Waals surface area contributed by atoms with Crippen LogP contribution in [0.3, 0.4) is 0 Å². The largest absolute Gasteiger partial charge is 0.497 e. The first-order chi connectivity index (χ1) is 14.1. The topological polar surface area (TPSA) is 83.6 Å². The average molecular weight is 392 g/mol. The average Bonchev–Trinajstić information content (AvgIpc) is 2.75. The molecular weight excluding hydrogens is 372 g/mol. The lowest BCUT2D eigenvalue weighted by Gasteiger charge is -2.13. The Hall–Kier alpha value is -3.45. The van der Waals surface area contributed by atoms with Crippen LogP contribution in [0.15, 0.2) is 62.5 Å². The van der Waals surface area contributed by atoms with E-state index in [4.69, 9.17) is 13.9 Å². The van der Waals surface area contributed by atoms with Gasteiger partial charge in [0.15, 0.2) is 5.39 Å². The van der Waals surface area contributed by atoms with Crippen LogP contribution >= 0.6 is 0 Å². The van der Waals surface area contributed by atoms with Gasteiger partial charge in [0, 0.05) is 25.8 Å². The summed E-state index contributed by atoms with van der Waals surface area (Å²) in [6.07, 6.45) is 0.603.